The smallest absolute Gasteiger partial charge is 0.280 e. The van der Waals surface area contributed by atoms with Crippen LogP contribution in [0.15, 0.2) is 40.3 Å². The van der Waals surface area contributed by atoms with Crippen molar-refractivity contribution in [2.45, 2.75) is 36.1 Å². The number of hydrogen-bond donors (Lipinski definition) is 5. The van der Waals surface area contributed by atoms with Crippen molar-refractivity contribution in [1.29, 1.82) is 0 Å². The van der Waals surface area contributed by atoms with Crippen molar-refractivity contribution in [3.63, 3.8) is 0 Å². The third kappa shape index (κ3) is 3.74. The van der Waals surface area contributed by atoms with Crippen LogP contribution in [0.4, 0.5) is 5.95 Å². The van der Waals surface area contributed by atoms with Crippen LogP contribution in [0, 0.1) is 0 Å². The number of rotatable bonds is 6. The molecule has 4 rings (SSSR count). The van der Waals surface area contributed by atoms with Crippen LogP contribution in [0.5, 0.6) is 0 Å². The second-order valence-electron chi connectivity index (χ2n) is 6.70. The Kier molecular flexibility index (Phi) is 5.56. The molecule has 10 nitrogen and oxygen atoms in total. The summed E-state index contributed by atoms with van der Waals surface area (Å²) >= 11 is 1.36. The Bertz CT molecular complexity index is 1060. The Morgan fingerprint density at radius 1 is 1.21 bits per heavy atom. The van der Waals surface area contributed by atoms with E-state index in [9.17, 15) is 20.1 Å². The standard InChI is InChI=1S/C18H21N5O5S/c19-17-21-14-11(15(27)22-17)20-18(29-7-6-9-4-2-1-3-5-9)23(14)16-13(26)12(25)10(8-24)28-16/h1-5,10,12-13,16,24-26H,6-8H2,(H3,19,21,22,27)/t10-,12-,13+,16+/m1/s1. The molecule has 1 fully saturated rings. The molecule has 0 unspecified atom stereocenters. The highest BCUT2D eigenvalue weighted by molar-refractivity contribution is 7.99. The van der Waals surface area contributed by atoms with Crippen molar-refractivity contribution in [3.8, 4) is 0 Å². The SMILES string of the molecule is Nc1nc2c(nc(SCCc3ccccc3)n2[C@H]2O[C@H](CO)[C@@H](O)[C@@H]2O)c(=O)[nH]1. The average molecular weight is 419 g/mol. The first kappa shape index (κ1) is 19.9. The van der Waals surface area contributed by atoms with Crippen molar-refractivity contribution in [3.05, 3.63) is 46.2 Å². The minimum Gasteiger partial charge on any atom is -0.394 e. The molecule has 11 heteroatoms. The molecule has 2 aromatic heterocycles. The molecule has 0 radical (unpaired) electrons. The molecule has 0 spiro atoms. The molecule has 0 bridgehead atoms. The minimum absolute atomic E-state index is 0.0548. The summed E-state index contributed by atoms with van der Waals surface area (Å²) in [6, 6.07) is 9.90. The van der Waals surface area contributed by atoms with Crippen LogP contribution >= 0.6 is 11.8 Å². The number of aryl methyl sites for hydroxylation is 1. The van der Waals surface area contributed by atoms with Crippen LogP contribution in [-0.4, -0.2) is 65.5 Å². The fraction of sp³-hybridized carbons (Fsp3) is 0.389. The zero-order valence-corrected chi connectivity index (χ0v) is 16.1. The molecular weight excluding hydrogens is 398 g/mol. The first-order valence-corrected chi connectivity index (χ1v) is 10.0. The summed E-state index contributed by atoms with van der Waals surface area (Å²) in [5, 5.41) is 30.4. The number of benzene rings is 1. The van der Waals surface area contributed by atoms with Gasteiger partial charge in [-0.25, -0.2) is 4.98 Å². The number of nitrogen functional groups attached to an aromatic ring is 1. The number of anilines is 1. The van der Waals surface area contributed by atoms with Crippen molar-refractivity contribution in [2.75, 3.05) is 18.1 Å². The first-order valence-electron chi connectivity index (χ1n) is 9.06. The van der Waals surface area contributed by atoms with Crippen LogP contribution in [0.25, 0.3) is 11.2 Å². The minimum atomic E-state index is -1.33. The van der Waals surface area contributed by atoms with Gasteiger partial charge >= 0.3 is 0 Å². The fourth-order valence-corrected chi connectivity index (χ4v) is 4.32. The predicted octanol–water partition coefficient (Wildman–Crippen LogP) is -0.352. The van der Waals surface area contributed by atoms with Gasteiger partial charge < -0.3 is 25.8 Å². The zero-order valence-electron chi connectivity index (χ0n) is 15.3. The Labute approximate surface area is 169 Å². The van der Waals surface area contributed by atoms with Gasteiger partial charge in [0.05, 0.1) is 6.61 Å². The highest BCUT2D eigenvalue weighted by atomic mass is 32.2. The van der Waals surface area contributed by atoms with E-state index in [0.29, 0.717) is 10.9 Å². The van der Waals surface area contributed by atoms with Crippen LogP contribution in [0.1, 0.15) is 11.8 Å². The fourth-order valence-electron chi connectivity index (χ4n) is 3.31. The molecular formula is C18H21N5O5S. The number of nitrogens with one attached hydrogen (secondary N) is 1. The topological polar surface area (TPSA) is 160 Å². The van der Waals surface area contributed by atoms with E-state index in [1.807, 2.05) is 30.3 Å². The van der Waals surface area contributed by atoms with Gasteiger partial charge in [-0.15, -0.1) is 0 Å². The maximum absolute atomic E-state index is 12.3. The second kappa shape index (κ2) is 8.13. The molecule has 1 aromatic carbocycles. The summed E-state index contributed by atoms with van der Waals surface area (Å²) in [5.74, 6) is 0.548. The molecule has 0 saturated carbocycles. The molecule has 6 N–H and O–H groups in total. The highest BCUT2D eigenvalue weighted by Gasteiger charge is 2.45. The molecule has 0 amide bonds. The number of H-pyrrole nitrogens is 1. The van der Waals surface area contributed by atoms with Crippen LogP contribution in [0.2, 0.25) is 0 Å². The van der Waals surface area contributed by atoms with Gasteiger partial charge in [-0.05, 0) is 12.0 Å². The zero-order chi connectivity index (χ0) is 20.5. The van der Waals surface area contributed by atoms with E-state index < -0.39 is 36.7 Å². The normalized spacial score (nSPS) is 24.4. The van der Waals surface area contributed by atoms with Gasteiger partial charge in [0.15, 0.2) is 22.5 Å². The Hall–Kier alpha value is -2.44. The van der Waals surface area contributed by atoms with Gasteiger partial charge in [0, 0.05) is 5.75 Å². The molecule has 3 aromatic rings. The van der Waals surface area contributed by atoms with Gasteiger partial charge in [0.1, 0.15) is 18.3 Å². The number of hydrogen-bond acceptors (Lipinski definition) is 9. The number of nitrogens with zero attached hydrogens (tertiary/aromatic N) is 3. The lowest BCUT2D eigenvalue weighted by molar-refractivity contribution is -0.0548. The number of aliphatic hydroxyl groups is 3. The summed E-state index contributed by atoms with van der Waals surface area (Å²) in [6.07, 6.45) is -3.89. The number of thioether (sulfide) groups is 1. The van der Waals surface area contributed by atoms with Gasteiger partial charge in [-0.1, -0.05) is 42.1 Å². The summed E-state index contributed by atoms with van der Waals surface area (Å²) in [4.78, 5) is 23.2. The van der Waals surface area contributed by atoms with Crippen molar-refractivity contribution >= 4 is 28.9 Å². The Morgan fingerprint density at radius 2 is 1.97 bits per heavy atom. The lowest BCUT2D eigenvalue weighted by Crippen LogP contribution is -2.33. The van der Waals surface area contributed by atoms with Gasteiger partial charge in [0.2, 0.25) is 5.95 Å². The number of fused-ring (bicyclic) bond motifs is 1. The van der Waals surface area contributed by atoms with Crippen LogP contribution < -0.4 is 11.3 Å². The van der Waals surface area contributed by atoms with Crippen LogP contribution in [0.3, 0.4) is 0 Å². The van der Waals surface area contributed by atoms with Crippen molar-refractivity contribution < 1.29 is 20.1 Å². The molecule has 4 atom stereocenters. The van der Waals surface area contributed by atoms with E-state index >= 15 is 0 Å². The summed E-state index contributed by atoms with van der Waals surface area (Å²) in [5.41, 5.74) is 6.52. The van der Waals surface area contributed by atoms with Crippen molar-refractivity contribution in [2.24, 2.45) is 0 Å². The van der Waals surface area contributed by atoms with Gasteiger partial charge in [0.25, 0.3) is 5.56 Å². The maximum atomic E-state index is 12.3. The molecule has 0 aliphatic carbocycles. The molecule has 1 saturated heterocycles. The Morgan fingerprint density at radius 3 is 2.66 bits per heavy atom. The number of aliphatic hydroxyl groups excluding tert-OH is 3. The van der Waals surface area contributed by atoms with E-state index in [1.165, 1.54) is 16.3 Å². The van der Waals surface area contributed by atoms with E-state index in [4.69, 9.17) is 10.5 Å². The number of aromatic nitrogens is 4. The molecule has 1 aliphatic rings. The van der Waals surface area contributed by atoms with E-state index in [0.717, 1.165) is 12.0 Å². The van der Waals surface area contributed by atoms with Gasteiger partial charge in [-0.2, -0.15) is 4.98 Å². The van der Waals surface area contributed by atoms with E-state index in [2.05, 4.69) is 15.0 Å². The molecule has 29 heavy (non-hydrogen) atoms. The third-order valence-corrected chi connectivity index (χ3v) is 5.73. The van der Waals surface area contributed by atoms with Crippen LogP contribution in [-0.2, 0) is 11.2 Å². The highest BCUT2D eigenvalue weighted by Crippen LogP contribution is 2.35. The van der Waals surface area contributed by atoms with Crippen molar-refractivity contribution in [1.82, 2.24) is 19.5 Å². The molecule has 1 aliphatic heterocycles. The lowest BCUT2D eigenvalue weighted by Gasteiger charge is -2.19. The monoisotopic (exact) mass is 419 g/mol. The summed E-state index contributed by atoms with van der Waals surface area (Å²) in [7, 11) is 0. The van der Waals surface area contributed by atoms with E-state index in [-0.39, 0.29) is 17.1 Å². The summed E-state index contributed by atoms with van der Waals surface area (Å²) < 4.78 is 7.10. The largest absolute Gasteiger partial charge is 0.394 e. The first-order chi connectivity index (χ1) is 14.0. The lowest BCUT2D eigenvalue weighted by atomic mass is 10.1. The summed E-state index contributed by atoms with van der Waals surface area (Å²) in [6.45, 7) is -0.464. The van der Waals surface area contributed by atoms with Gasteiger partial charge in [-0.3, -0.25) is 14.3 Å². The Balaban J connectivity index is 1.70. The number of imidazole rings is 1. The predicted molar refractivity (Wildman–Crippen MR) is 106 cm³/mol. The van der Waals surface area contributed by atoms with E-state index in [1.54, 1.807) is 0 Å². The molecule has 3 heterocycles. The number of aromatic amines is 1. The second-order valence-corrected chi connectivity index (χ2v) is 7.76. The molecule has 154 valence electrons. The maximum Gasteiger partial charge on any atom is 0.280 e. The number of nitrogens with two attached hydrogens (primary N) is 1. The third-order valence-electron chi connectivity index (χ3n) is 4.77. The average Bonchev–Trinajstić information content (AvgIpc) is 3.20. The number of ether oxygens (including phenoxy) is 1. The quantitative estimate of drug-likeness (QED) is 0.336.